The van der Waals surface area contributed by atoms with Gasteiger partial charge in [-0.15, -0.1) is 0 Å². The van der Waals surface area contributed by atoms with E-state index in [1.807, 2.05) is 6.92 Å². The number of rotatable bonds is 4. The first-order valence-corrected chi connectivity index (χ1v) is 7.03. The molecule has 0 atom stereocenters. The third-order valence-corrected chi connectivity index (χ3v) is 4.06. The third-order valence-electron chi connectivity index (χ3n) is 2.40. The van der Waals surface area contributed by atoms with Gasteiger partial charge in [0.15, 0.2) is 12.4 Å². The number of aromatic nitrogens is 1. The van der Waals surface area contributed by atoms with E-state index in [9.17, 15) is 8.42 Å². The first-order chi connectivity index (χ1) is 8.64. The Bertz CT molecular complexity index is 606. The average Bonchev–Trinajstić information content (AvgIpc) is 2.41. The van der Waals surface area contributed by atoms with Gasteiger partial charge in [-0.2, -0.15) is 8.42 Å². The van der Waals surface area contributed by atoms with Crippen LogP contribution in [0.25, 0.3) is 0 Å². The lowest BCUT2D eigenvalue weighted by molar-refractivity contribution is -0.511. The van der Waals surface area contributed by atoms with Crippen molar-refractivity contribution in [3.63, 3.8) is 0 Å². The summed E-state index contributed by atoms with van der Waals surface area (Å²) in [5.41, 5.74) is 0. The normalized spacial score (nSPS) is 11.2. The number of nitrogens with zero attached hydrogens (tertiary/aromatic N) is 1. The predicted octanol–water partition coefficient (Wildman–Crippen LogP) is 1.61. The van der Waals surface area contributed by atoms with Gasteiger partial charge < -0.3 is 4.74 Å². The fourth-order valence-electron chi connectivity index (χ4n) is 1.54. The van der Waals surface area contributed by atoms with Crippen LogP contribution in [-0.2, 0) is 10.0 Å². The van der Waals surface area contributed by atoms with Crippen LogP contribution in [0.3, 0.4) is 0 Å². The van der Waals surface area contributed by atoms with Crippen LogP contribution in [0.4, 0.5) is 0 Å². The van der Waals surface area contributed by atoms with Crippen molar-refractivity contribution in [3.8, 4) is 5.75 Å². The Morgan fingerprint density at radius 1 is 1.06 bits per heavy atom. The van der Waals surface area contributed by atoms with Gasteiger partial charge >= 0.3 is 10.0 Å². The highest BCUT2D eigenvalue weighted by atomic mass is 32.2. The zero-order chi connectivity index (χ0) is 13.0. The molecular weight excluding hydrogens is 250 g/mol. The quantitative estimate of drug-likeness (QED) is 0.788. The molecule has 4 nitrogen and oxygen atoms in total. The number of ether oxygens (including phenoxy) is 1. The first kappa shape index (κ1) is 12.6. The molecule has 0 unspecified atom stereocenters. The number of hydrogen-bond donors (Lipinski definition) is 0. The summed E-state index contributed by atoms with van der Waals surface area (Å²) < 4.78 is 30.9. The van der Waals surface area contributed by atoms with Gasteiger partial charge in [0.05, 0.1) is 6.61 Å². The van der Waals surface area contributed by atoms with E-state index in [0.29, 0.717) is 12.4 Å². The minimum absolute atomic E-state index is 0.238. The van der Waals surface area contributed by atoms with Crippen molar-refractivity contribution in [1.82, 2.24) is 0 Å². The Morgan fingerprint density at radius 2 is 1.67 bits per heavy atom. The lowest BCUT2D eigenvalue weighted by Gasteiger charge is -2.03. The summed E-state index contributed by atoms with van der Waals surface area (Å²) in [5.74, 6) is 0.662. The van der Waals surface area contributed by atoms with Crippen molar-refractivity contribution in [2.24, 2.45) is 0 Å². The highest BCUT2D eigenvalue weighted by molar-refractivity contribution is 7.85. The molecule has 2 rings (SSSR count). The van der Waals surface area contributed by atoms with Crippen LogP contribution in [-0.4, -0.2) is 15.0 Å². The van der Waals surface area contributed by atoms with E-state index in [0.717, 1.165) is 0 Å². The zero-order valence-corrected chi connectivity index (χ0v) is 10.8. The Labute approximate surface area is 107 Å². The molecule has 94 valence electrons. The van der Waals surface area contributed by atoms with Gasteiger partial charge in [-0.3, -0.25) is 0 Å². The lowest BCUT2D eigenvalue weighted by atomic mass is 10.3. The lowest BCUT2D eigenvalue weighted by Crippen LogP contribution is -2.41. The van der Waals surface area contributed by atoms with E-state index < -0.39 is 10.0 Å². The largest absolute Gasteiger partial charge is 0.494 e. The molecule has 0 spiro atoms. The highest BCUT2D eigenvalue weighted by Gasteiger charge is 2.23. The topological polar surface area (TPSA) is 47.3 Å². The van der Waals surface area contributed by atoms with Crippen LogP contribution in [0.1, 0.15) is 6.92 Å². The first-order valence-electron chi connectivity index (χ1n) is 5.59. The monoisotopic (exact) mass is 264 g/mol. The van der Waals surface area contributed by atoms with Crippen molar-refractivity contribution >= 4 is 10.0 Å². The van der Waals surface area contributed by atoms with Gasteiger partial charge in [0.2, 0.25) is 0 Å². The van der Waals surface area contributed by atoms with E-state index in [1.54, 1.807) is 42.5 Å². The molecule has 0 saturated carbocycles. The van der Waals surface area contributed by atoms with Crippen molar-refractivity contribution in [1.29, 1.82) is 0 Å². The molecule has 0 N–H and O–H groups in total. The average molecular weight is 264 g/mol. The molecule has 0 fully saturated rings. The maximum atomic E-state index is 12.2. The smallest absolute Gasteiger partial charge is 0.399 e. The summed E-state index contributed by atoms with van der Waals surface area (Å²) in [6, 6.07) is 11.5. The van der Waals surface area contributed by atoms with Crippen molar-refractivity contribution in [2.45, 2.75) is 11.8 Å². The Hall–Kier alpha value is -1.88. The minimum atomic E-state index is -3.51. The van der Waals surface area contributed by atoms with Crippen LogP contribution in [0.5, 0.6) is 5.75 Å². The predicted molar refractivity (Wildman–Crippen MR) is 66.8 cm³/mol. The van der Waals surface area contributed by atoms with E-state index in [2.05, 4.69) is 0 Å². The second-order valence-corrected chi connectivity index (χ2v) is 5.46. The fraction of sp³-hybridized carbons (Fsp3) is 0.154. The second-order valence-electron chi connectivity index (χ2n) is 3.61. The summed E-state index contributed by atoms with van der Waals surface area (Å²) in [6.07, 6.45) is 3.01. The molecular formula is C13H14NO3S+. The zero-order valence-electron chi connectivity index (χ0n) is 9.98. The Balaban J connectivity index is 2.36. The van der Waals surface area contributed by atoms with Gasteiger partial charge in [-0.05, 0) is 31.2 Å². The van der Waals surface area contributed by atoms with Crippen LogP contribution in [0.15, 0.2) is 59.8 Å². The van der Waals surface area contributed by atoms with Gasteiger partial charge in [0, 0.05) is 12.1 Å². The SMILES string of the molecule is CCOc1ccc(S(=O)(=O)[n+]2ccccc2)cc1. The molecule has 5 heteroatoms. The molecule has 0 amide bonds. The van der Waals surface area contributed by atoms with Crippen molar-refractivity contribution in [2.75, 3.05) is 6.61 Å². The maximum Gasteiger partial charge on any atom is 0.399 e. The van der Waals surface area contributed by atoms with Crippen LogP contribution in [0, 0.1) is 0 Å². The molecule has 1 aromatic carbocycles. The second kappa shape index (κ2) is 5.18. The van der Waals surface area contributed by atoms with Gasteiger partial charge in [0.25, 0.3) is 0 Å². The summed E-state index contributed by atoms with van der Waals surface area (Å²) >= 11 is 0. The third kappa shape index (κ3) is 2.51. The van der Waals surface area contributed by atoms with Crippen molar-refractivity contribution < 1.29 is 17.1 Å². The molecule has 0 radical (unpaired) electrons. The molecule has 0 bridgehead atoms. The fourth-order valence-corrected chi connectivity index (χ4v) is 2.72. The molecule has 18 heavy (non-hydrogen) atoms. The molecule has 0 aliphatic carbocycles. The molecule has 2 aromatic rings. The minimum Gasteiger partial charge on any atom is -0.494 e. The molecule has 0 aliphatic heterocycles. The van der Waals surface area contributed by atoms with Crippen LogP contribution in [0.2, 0.25) is 0 Å². The summed E-state index contributed by atoms with van der Waals surface area (Å²) in [5, 5.41) is 0. The number of pyridine rings is 1. The number of benzene rings is 1. The van der Waals surface area contributed by atoms with Crippen LogP contribution < -0.4 is 8.71 Å². The molecule has 1 aromatic heterocycles. The standard InChI is InChI=1S/C13H14NO3S/c1-2-17-12-6-8-13(9-7-12)18(15,16)14-10-4-3-5-11-14/h3-11H,2H2,1H3/q+1. The maximum absolute atomic E-state index is 12.2. The van der Waals surface area contributed by atoms with Gasteiger partial charge in [-0.25, -0.2) is 0 Å². The van der Waals surface area contributed by atoms with Crippen molar-refractivity contribution in [3.05, 3.63) is 54.9 Å². The summed E-state index contributed by atoms with van der Waals surface area (Å²) in [6.45, 7) is 2.43. The summed E-state index contributed by atoms with van der Waals surface area (Å²) in [4.78, 5) is 0.238. The molecule has 0 aliphatic rings. The molecule has 1 heterocycles. The van der Waals surface area contributed by atoms with E-state index in [4.69, 9.17) is 4.74 Å². The van der Waals surface area contributed by atoms with Gasteiger partial charge in [-0.1, -0.05) is 10.0 Å². The Kier molecular flexibility index (Phi) is 3.62. The van der Waals surface area contributed by atoms with Crippen LogP contribution >= 0.6 is 0 Å². The van der Waals surface area contributed by atoms with Gasteiger partial charge in [0.1, 0.15) is 10.6 Å². The molecule has 0 saturated heterocycles. The van der Waals surface area contributed by atoms with E-state index in [1.165, 1.54) is 16.4 Å². The van der Waals surface area contributed by atoms with E-state index >= 15 is 0 Å². The van der Waals surface area contributed by atoms with E-state index in [-0.39, 0.29) is 4.90 Å². The summed E-state index contributed by atoms with van der Waals surface area (Å²) in [7, 11) is -3.51. The highest BCUT2D eigenvalue weighted by Crippen LogP contribution is 2.15. The number of hydrogen-bond acceptors (Lipinski definition) is 3. The Morgan fingerprint density at radius 3 is 2.22 bits per heavy atom.